The topological polar surface area (TPSA) is 63.5 Å². The fraction of sp³-hybridized carbons (Fsp3) is 0.292. The molecule has 0 unspecified atom stereocenters. The highest BCUT2D eigenvalue weighted by atomic mass is 16.3. The van der Waals surface area contributed by atoms with E-state index in [-0.39, 0.29) is 11.2 Å². The van der Waals surface area contributed by atoms with Crippen molar-refractivity contribution in [2.45, 2.75) is 39.5 Å². The van der Waals surface area contributed by atoms with Crippen molar-refractivity contribution in [3.05, 3.63) is 76.8 Å². The molecule has 0 amide bonds. The first-order valence-corrected chi connectivity index (χ1v) is 10.0. The van der Waals surface area contributed by atoms with Crippen LogP contribution < -0.4 is 5.73 Å². The molecule has 0 radical (unpaired) electrons. The second-order valence-electron chi connectivity index (χ2n) is 8.59. The van der Waals surface area contributed by atoms with E-state index in [1.54, 1.807) is 6.07 Å². The first kappa shape index (κ1) is 20.9. The first-order chi connectivity index (χ1) is 13.7. The van der Waals surface area contributed by atoms with E-state index in [9.17, 15) is 5.11 Å². The van der Waals surface area contributed by atoms with Crippen LogP contribution in [0.3, 0.4) is 0 Å². The van der Waals surface area contributed by atoms with Crippen LogP contribution >= 0.6 is 0 Å². The van der Waals surface area contributed by atoms with E-state index in [2.05, 4.69) is 44.3 Å². The van der Waals surface area contributed by atoms with Crippen LogP contribution in [0.15, 0.2) is 64.9 Å². The normalized spacial score (nSPS) is 16.3. The third-order valence-corrected chi connectivity index (χ3v) is 5.24. The SMILES string of the molecule is Bn1cccc1/C(CCN)=C1N=C(/C=C/c2cc(C(C)(C)C)ccc2O)C=C\1C. The van der Waals surface area contributed by atoms with E-state index in [0.29, 0.717) is 6.54 Å². The fourth-order valence-corrected chi connectivity index (χ4v) is 3.55. The van der Waals surface area contributed by atoms with Gasteiger partial charge in [-0.25, -0.2) is 4.99 Å². The molecule has 0 fully saturated rings. The molecular formula is C24H30BN3O. The molecule has 0 saturated carbocycles. The number of benzene rings is 1. The van der Waals surface area contributed by atoms with Crippen molar-refractivity contribution in [3.8, 4) is 5.75 Å². The summed E-state index contributed by atoms with van der Waals surface area (Å²) in [5.74, 6) is 0.275. The van der Waals surface area contributed by atoms with Gasteiger partial charge in [-0.1, -0.05) is 26.8 Å². The van der Waals surface area contributed by atoms with Gasteiger partial charge in [0.1, 0.15) is 5.75 Å². The Balaban J connectivity index is 1.97. The van der Waals surface area contributed by atoms with Gasteiger partial charge in [0, 0.05) is 16.8 Å². The summed E-state index contributed by atoms with van der Waals surface area (Å²) in [6.45, 7) is 9.15. The number of phenolic OH excluding ortho intramolecular Hbond substituents is 1. The summed E-state index contributed by atoms with van der Waals surface area (Å²) < 4.78 is 2.10. The number of aromatic hydroxyl groups is 1. The molecular weight excluding hydrogens is 357 g/mol. The van der Waals surface area contributed by atoms with Gasteiger partial charge in [0.05, 0.1) is 11.4 Å². The molecule has 5 heteroatoms. The van der Waals surface area contributed by atoms with Gasteiger partial charge < -0.3 is 15.3 Å². The standard InChI is InChI=1S/C24H30BN3O/c1-16-14-19(9-7-17-15-18(24(2,3)4)8-10-22(17)29)27-23(16)20(11-12-26)21-6-5-13-28(21)25/h5-10,13-15,29H,11-12,25-26H2,1-4H3/b9-7+,23-20-. The van der Waals surface area contributed by atoms with Crippen molar-refractivity contribution in [1.82, 2.24) is 4.48 Å². The Morgan fingerprint density at radius 3 is 2.62 bits per heavy atom. The molecule has 1 aromatic carbocycles. The predicted octanol–water partition coefficient (Wildman–Crippen LogP) is 4.06. The zero-order valence-electron chi connectivity index (χ0n) is 18.0. The Labute approximate surface area is 174 Å². The third kappa shape index (κ3) is 4.62. The molecule has 4 nitrogen and oxygen atoms in total. The molecule has 150 valence electrons. The van der Waals surface area contributed by atoms with Gasteiger partial charge in [-0.2, -0.15) is 0 Å². The zero-order valence-corrected chi connectivity index (χ0v) is 18.0. The Kier molecular flexibility index (Phi) is 5.99. The van der Waals surface area contributed by atoms with Gasteiger partial charge >= 0.3 is 0 Å². The maximum atomic E-state index is 10.3. The second kappa shape index (κ2) is 8.30. The Morgan fingerprint density at radius 2 is 2.00 bits per heavy atom. The number of hydrogen-bond donors (Lipinski definition) is 2. The highest BCUT2D eigenvalue weighted by molar-refractivity contribution is 6.11. The Bertz CT molecular complexity index is 1030. The Hall–Kier alpha value is -2.79. The van der Waals surface area contributed by atoms with Gasteiger partial charge in [0.25, 0.3) is 0 Å². The van der Waals surface area contributed by atoms with Crippen molar-refractivity contribution in [1.29, 1.82) is 0 Å². The van der Waals surface area contributed by atoms with Crippen LogP contribution in [0.1, 0.15) is 50.9 Å². The van der Waals surface area contributed by atoms with Crippen molar-refractivity contribution < 1.29 is 5.11 Å². The van der Waals surface area contributed by atoms with Crippen LogP contribution in [0.25, 0.3) is 11.6 Å². The third-order valence-electron chi connectivity index (χ3n) is 5.24. The molecule has 2 heterocycles. The number of nitrogens with zero attached hydrogens (tertiary/aromatic N) is 2. The van der Waals surface area contributed by atoms with Gasteiger partial charge in [-0.3, -0.25) is 0 Å². The lowest BCUT2D eigenvalue weighted by Gasteiger charge is -2.19. The number of allylic oxidation sites excluding steroid dienone is 3. The van der Waals surface area contributed by atoms with Gasteiger partial charge in [0.2, 0.25) is 7.98 Å². The van der Waals surface area contributed by atoms with Crippen LogP contribution in [0, 0.1) is 0 Å². The van der Waals surface area contributed by atoms with E-state index in [4.69, 9.17) is 10.7 Å². The maximum absolute atomic E-state index is 10.3. The largest absolute Gasteiger partial charge is 0.507 e. The molecule has 2 aromatic rings. The van der Waals surface area contributed by atoms with Crippen LogP contribution in [-0.4, -0.2) is 29.8 Å². The van der Waals surface area contributed by atoms with Crippen molar-refractivity contribution in [2.24, 2.45) is 10.7 Å². The lowest BCUT2D eigenvalue weighted by atomic mass is 9.86. The van der Waals surface area contributed by atoms with Gasteiger partial charge in [0.15, 0.2) is 0 Å². The van der Waals surface area contributed by atoms with E-state index in [0.717, 1.165) is 40.2 Å². The predicted molar refractivity (Wildman–Crippen MR) is 126 cm³/mol. The minimum Gasteiger partial charge on any atom is -0.507 e. The summed E-state index contributed by atoms with van der Waals surface area (Å²) in [4.78, 5) is 4.87. The second-order valence-corrected chi connectivity index (χ2v) is 8.59. The number of aromatic nitrogens is 1. The van der Waals surface area contributed by atoms with Crippen LogP contribution in [-0.2, 0) is 5.41 Å². The summed E-state index contributed by atoms with van der Waals surface area (Å²) >= 11 is 0. The minimum atomic E-state index is 0.0275. The molecule has 1 aromatic heterocycles. The van der Waals surface area contributed by atoms with Crippen LogP contribution in [0.5, 0.6) is 5.75 Å². The van der Waals surface area contributed by atoms with Gasteiger partial charge in [-0.05, 0) is 85.1 Å². The van der Waals surface area contributed by atoms with Crippen LogP contribution in [0.4, 0.5) is 0 Å². The lowest BCUT2D eigenvalue weighted by Crippen LogP contribution is -2.10. The molecule has 29 heavy (non-hydrogen) atoms. The summed E-state index contributed by atoms with van der Waals surface area (Å²) in [5, 5.41) is 10.3. The molecule has 0 aliphatic carbocycles. The molecule has 0 saturated heterocycles. The monoisotopic (exact) mass is 387 g/mol. The maximum Gasteiger partial charge on any atom is 0.223 e. The van der Waals surface area contributed by atoms with E-state index in [1.165, 1.54) is 5.56 Å². The van der Waals surface area contributed by atoms with E-state index >= 15 is 0 Å². The average Bonchev–Trinajstić information content (AvgIpc) is 3.23. The molecule has 1 aliphatic rings. The number of phenols is 1. The lowest BCUT2D eigenvalue weighted by molar-refractivity contribution is 0.472. The summed E-state index contributed by atoms with van der Waals surface area (Å²) in [7, 11) is 2.04. The van der Waals surface area contributed by atoms with Crippen molar-refractivity contribution >= 4 is 25.3 Å². The van der Waals surface area contributed by atoms with Crippen molar-refractivity contribution in [2.75, 3.05) is 6.54 Å². The molecule has 0 spiro atoms. The van der Waals surface area contributed by atoms with Crippen LogP contribution in [0.2, 0.25) is 0 Å². The highest BCUT2D eigenvalue weighted by Gasteiger charge is 2.17. The number of rotatable bonds is 5. The number of aliphatic imine (C=N–C) groups is 1. The highest BCUT2D eigenvalue weighted by Crippen LogP contribution is 2.32. The fourth-order valence-electron chi connectivity index (χ4n) is 3.55. The Morgan fingerprint density at radius 1 is 1.24 bits per heavy atom. The molecule has 1 aliphatic heterocycles. The van der Waals surface area contributed by atoms with E-state index < -0.39 is 0 Å². The minimum absolute atomic E-state index is 0.0275. The smallest absolute Gasteiger partial charge is 0.223 e. The molecule has 3 rings (SSSR count). The molecule has 0 atom stereocenters. The van der Waals surface area contributed by atoms with Crippen molar-refractivity contribution in [3.63, 3.8) is 0 Å². The van der Waals surface area contributed by atoms with E-state index in [1.807, 2.05) is 44.5 Å². The summed E-state index contributed by atoms with van der Waals surface area (Å²) in [6.07, 6.45) is 8.78. The summed E-state index contributed by atoms with van der Waals surface area (Å²) in [5.41, 5.74) is 13.2. The molecule has 3 N–H and O–H groups in total. The average molecular weight is 387 g/mol. The number of hydrogen-bond acceptors (Lipinski definition) is 3. The first-order valence-electron chi connectivity index (χ1n) is 10.0. The van der Waals surface area contributed by atoms with Gasteiger partial charge in [-0.15, -0.1) is 0 Å². The zero-order chi connectivity index (χ0) is 21.2. The number of nitrogens with two attached hydrogens (primary N) is 1. The quantitative estimate of drug-likeness (QED) is 0.760. The summed E-state index contributed by atoms with van der Waals surface area (Å²) in [6, 6.07) is 9.92. The molecule has 0 bridgehead atoms.